The molecule has 2 aliphatic heterocycles. The Balaban J connectivity index is 1.31. The Morgan fingerprint density at radius 2 is 2.07 bits per heavy atom. The lowest BCUT2D eigenvalue weighted by atomic mass is 10.0. The molecule has 0 unspecified atom stereocenters. The van der Waals surface area contributed by atoms with E-state index >= 15 is 0 Å². The van der Waals surface area contributed by atoms with E-state index < -0.39 is 0 Å². The smallest absolute Gasteiger partial charge is 0.265 e. The molecule has 3 heterocycles. The van der Waals surface area contributed by atoms with Gasteiger partial charge in [-0.1, -0.05) is 23.8 Å². The third-order valence-corrected chi connectivity index (χ3v) is 5.84. The number of para-hydroxylation sites is 2. The lowest BCUT2D eigenvalue weighted by Crippen LogP contribution is -2.42. The Hall–Kier alpha value is -3.28. The topological polar surface area (TPSA) is 65.6 Å². The average Bonchev–Trinajstić information content (AvgIpc) is 3.10. The van der Waals surface area contributed by atoms with Crippen molar-refractivity contribution in [3.8, 4) is 5.75 Å². The van der Waals surface area contributed by atoms with Gasteiger partial charge in [-0.25, -0.2) is 0 Å². The zero-order valence-corrected chi connectivity index (χ0v) is 16.4. The van der Waals surface area contributed by atoms with Crippen LogP contribution < -0.4 is 9.64 Å². The molecule has 0 bridgehead atoms. The number of rotatable bonds is 3. The fraction of sp³-hybridized carbons (Fsp3) is 0.304. The zero-order chi connectivity index (χ0) is 20.0. The molecular weight excluding hydrogens is 366 g/mol. The number of aromatic amines is 1. The molecule has 1 N–H and O–H groups in total. The van der Waals surface area contributed by atoms with Crippen molar-refractivity contribution in [1.82, 2.24) is 9.88 Å². The van der Waals surface area contributed by atoms with E-state index in [0.717, 1.165) is 17.6 Å². The fourth-order valence-corrected chi connectivity index (χ4v) is 4.31. The van der Waals surface area contributed by atoms with Crippen molar-refractivity contribution in [1.29, 1.82) is 0 Å². The number of amides is 2. The van der Waals surface area contributed by atoms with Crippen molar-refractivity contribution in [2.45, 2.75) is 26.3 Å². The minimum absolute atomic E-state index is 0.0208. The summed E-state index contributed by atoms with van der Waals surface area (Å²) in [6.07, 6.45) is 1.13. The maximum absolute atomic E-state index is 12.9. The molecule has 6 nitrogen and oxygen atoms in total. The van der Waals surface area contributed by atoms with Crippen molar-refractivity contribution in [2.24, 2.45) is 0 Å². The van der Waals surface area contributed by atoms with Gasteiger partial charge in [0.2, 0.25) is 5.91 Å². The Morgan fingerprint density at radius 3 is 2.97 bits per heavy atom. The van der Waals surface area contributed by atoms with Gasteiger partial charge in [0.15, 0.2) is 6.61 Å². The molecule has 6 heteroatoms. The summed E-state index contributed by atoms with van der Waals surface area (Å²) >= 11 is 0. The molecule has 148 valence electrons. The van der Waals surface area contributed by atoms with E-state index in [1.165, 1.54) is 22.2 Å². The van der Waals surface area contributed by atoms with Crippen molar-refractivity contribution in [3.63, 3.8) is 0 Å². The van der Waals surface area contributed by atoms with Gasteiger partial charge in [-0.2, -0.15) is 0 Å². The van der Waals surface area contributed by atoms with E-state index in [2.05, 4.69) is 30.1 Å². The van der Waals surface area contributed by atoms with E-state index in [0.29, 0.717) is 31.8 Å². The van der Waals surface area contributed by atoms with Gasteiger partial charge in [0, 0.05) is 54.6 Å². The number of anilines is 1. The van der Waals surface area contributed by atoms with Gasteiger partial charge in [-0.05, 0) is 31.2 Å². The summed E-state index contributed by atoms with van der Waals surface area (Å²) in [6.45, 7) is 3.79. The van der Waals surface area contributed by atoms with Gasteiger partial charge < -0.3 is 19.5 Å². The predicted octanol–water partition coefficient (Wildman–Crippen LogP) is 3.18. The summed E-state index contributed by atoms with van der Waals surface area (Å²) in [5, 5.41) is 1.20. The molecule has 0 fully saturated rings. The molecular formula is C23H23N3O3. The van der Waals surface area contributed by atoms with Crippen LogP contribution in [0.25, 0.3) is 10.9 Å². The van der Waals surface area contributed by atoms with Crippen molar-refractivity contribution >= 4 is 28.4 Å². The highest BCUT2D eigenvalue weighted by atomic mass is 16.5. The fourth-order valence-electron chi connectivity index (χ4n) is 4.31. The van der Waals surface area contributed by atoms with Gasteiger partial charge in [0.25, 0.3) is 5.91 Å². The van der Waals surface area contributed by atoms with Crippen LogP contribution in [0.2, 0.25) is 0 Å². The number of nitrogens with zero attached hydrogens (tertiary/aromatic N) is 2. The van der Waals surface area contributed by atoms with E-state index in [9.17, 15) is 9.59 Å². The number of carbonyl (C=O) groups is 2. The predicted molar refractivity (Wildman–Crippen MR) is 111 cm³/mol. The molecule has 5 rings (SSSR count). The van der Waals surface area contributed by atoms with E-state index in [-0.39, 0.29) is 18.4 Å². The number of fused-ring (bicyclic) bond motifs is 4. The van der Waals surface area contributed by atoms with Crippen LogP contribution in [0.5, 0.6) is 5.75 Å². The molecule has 0 saturated carbocycles. The van der Waals surface area contributed by atoms with Gasteiger partial charge in [-0.3, -0.25) is 9.59 Å². The van der Waals surface area contributed by atoms with Crippen LogP contribution in [0, 0.1) is 6.92 Å². The van der Waals surface area contributed by atoms with Crippen LogP contribution in [0.1, 0.15) is 23.2 Å². The zero-order valence-electron chi connectivity index (χ0n) is 16.4. The first-order valence-corrected chi connectivity index (χ1v) is 10.0. The summed E-state index contributed by atoms with van der Waals surface area (Å²) < 4.78 is 5.48. The highest BCUT2D eigenvalue weighted by Crippen LogP contribution is 2.32. The van der Waals surface area contributed by atoms with Gasteiger partial charge >= 0.3 is 0 Å². The van der Waals surface area contributed by atoms with Crippen LogP contribution in [0.4, 0.5) is 5.69 Å². The first-order chi connectivity index (χ1) is 14.1. The number of carbonyl (C=O) groups excluding carboxylic acids is 2. The summed E-state index contributed by atoms with van der Waals surface area (Å²) in [5.41, 5.74) is 5.53. The van der Waals surface area contributed by atoms with Gasteiger partial charge in [0.1, 0.15) is 5.75 Å². The molecule has 0 radical (unpaired) electrons. The SMILES string of the molecule is Cc1ccc2[nH]c3c(c2c1)CN(C(=O)CCN1C(=O)COc2ccccc21)CC3. The number of nitrogens with one attached hydrogen (secondary N) is 1. The van der Waals surface area contributed by atoms with E-state index in [1.54, 1.807) is 4.90 Å². The molecule has 0 atom stereocenters. The lowest BCUT2D eigenvalue weighted by molar-refractivity contribution is -0.132. The minimum atomic E-state index is -0.107. The van der Waals surface area contributed by atoms with Crippen LogP contribution in [-0.2, 0) is 22.6 Å². The second-order valence-corrected chi connectivity index (χ2v) is 7.75. The summed E-state index contributed by atoms with van der Waals surface area (Å²) in [4.78, 5) is 32.3. The second-order valence-electron chi connectivity index (χ2n) is 7.75. The summed E-state index contributed by atoms with van der Waals surface area (Å²) in [5.74, 6) is 0.662. The minimum Gasteiger partial charge on any atom is -0.482 e. The molecule has 3 aromatic rings. The third kappa shape index (κ3) is 3.14. The number of H-pyrrole nitrogens is 1. The van der Waals surface area contributed by atoms with Crippen molar-refractivity contribution in [2.75, 3.05) is 24.6 Å². The third-order valence-electron chi connectivity index (χ3n) is 5.84. The number of hydrogen-bond donors (Lipinski definition) is 1. The number of aryl methyl sites for hydroxylation is 1. The molecule has 2 amide bonds. The monoisotopic (exact) mass is 389 g/mol. The maximum Gasteiger partial charge on any atom is 0.265 e. The highest BCUT2D eigenvalue weighted by Gasteiger charge is 2.28. The quantitative estimate of drug-likeness (QED) is 0.748. The van der Waals surface area contributed by atoms with Crippen LogP contribution in [-0.4, -0.2) is 41.4 Å². The van der Waals surface area contributed by atoms with Gasteiger partial charge in [0.05, 0.1) is 5.69 Å². The average molecular weight is 389 g/mol. The van der Waals surface area contributed by atoms with Gasteiger partial charge in [-0.15, -0.1) is 0 Å². The highest BCUT2D eigenvalue weighted by molar-refractivity contribution is 5.98. The number of hydrogen-bond acceptors (Lipinski definition) is 3. The van der Waals surface area contributed by atoms with E-state index in [1.807, 2.05) is 29.2 Å². The Kier molecular flexibility index (Phi) is 4.27. The summed E-state index contributed by atoms with van der Waals surface area (Å²) in [7, 11) is 0. The number of ether oxygens (including phenoxy) is 1. The first-order valence-electron chi connectivity index (χ1n) is 10.0. The van der Waals surface area contributed by atoms with Crippen molar-refractivity contribution in [3.05, 3.63) is 59.3 Å². The number of aromatic nitrogens is 1. The van der Waals surface area contributed by atoms with Crippen LogP contribution in [0.3, 0.4) is 0 Å². The molecule has 2 aromatic carbocycles. The second kappa shape index (κ2) is 6.95. The molecule has 0 saturated heterocycles. The van der Waals surface area contributed by atoms with Crippen molar-refractivity contribution < 1.29 is 14.3 Å². The Labute approximate surface area is 169 Å². The molecule has 29 heavy (non-hydrogen) atoms. The molecule has 0 aliphatic carbocycles. The molecule has 1 aromatic heterocycles. The maximum atomic E-state index is 12.9. The number of benzene rings is 2. The summed E-state index contributed by atoms with van der Waals surface area (Å²) in [6, 6.07) is 13.9. The lowest BCUT2D eigenvalue weighted by Gasteiger charge is -2.31. The standard InChI is InChI=1S/C23H23N3O3/c1-15-6-7-18-16(12-15)17-13-25(10-8-19(17)24-18)22(27)9-11-26-20-4-2-3-5-21(20)29-14-23(26)28/h2-7,12,24H,8-11,13-14H2,1H3. The van der Waals surface area contributed by atoms with E-state index in [4.69, 9.17) is 4.74 Å². The largest absolute Gasteiger partial charge is 0.482 e. The molecule has 0 spiro atoms. The molecule has 2 aliphatic rings. The van der Waals surface area contributed by atoms with Crippen LogP contribution in [0.15, 0.2) is 42.5 Å². The van der Waals surface area contributed by atoms with Crippen LogP contribution >= 0.6 is 0 Å². The Bertz CT molecular complexity index is 1120. The normalized spacial score (nSPS) is 15.8. The first kappa shape index (κ1) is 17.8. The Morgan fingerprint density at radius 1 is 1.21 bits per heavy atom.